The standard InChI is InChI=1S/C14H21N3O3S/c1-19-7-6-11-15-14(21-16-11)17-8-9-4-3-5-10(9)12(17)13(18)20-2/h9-10,12H,3-8H2,1-2H3. The van der Waals surface area contributed by atoms with Crippen LogP contribution in [0.4, 0.5) is 5.13 Å². The van der Waals surface area contributed by atoms with Crippen molar-refractivity contribution < 1.29 is 14.3 Å². The summed E-state index contributed by atoms with van der Waals surface area (Å²) in [6.45, 7) is 1.51. The van der Waals surface area contributed by atoms with Crippen LogP contribution in [0.1, 0.15) is 25.1 Å². The number of methoxy groups -OCH3 is 2. The van der Waals surface area contributed by atoms with Gasteiger partial charge in [-0.1, -0.05) is 6.42 Å². The van der Waals surface area contributed by atoms with Gasteiger partial charge in [-0.15, -0.1) is 0 Å². The average Bonchev–Trinajstić information content (AvgIpc) is 3.18. The van der Waals surface area contributed by atoms with Gasteiger partial charge >= 0.3 is 5.97 Å². The number of anilines is 1. The third-order valence-corrected chi connectivity index (χ3v) is 5.36. The number of nitrogens with zero attached hydrogens (tertiary/aromatic N) is 3. The van der Waals surface area contributed by atoms with Gasteiger partial charge in [0.25, 0.3) is 0 Å². The molecule has 1 aliphatic carbocycles. The van der Waals surface area contributed by atoms with E-state index in [2.05, 4.69) is 14.3 Å². The monoisotopic (exact) mass is 311 g/mol. The molecular weight excluding hydrogens is 290 g/mol. The van der Waals surface area contributed by atoms with E-state index in [1.165, 1.54) is 31.5 Å². The molecule has 3 unspecified atom stereocenters. The Morgan fingerprint density at radius 3 is 3.05 bits per heavy atom. The van der Waals surface area contributed by atoms with E-state index in [9.17, 15) is 4.79 Å². The third kappa shape index (κ3) is 2.76. The van der Waals surface area contributed by atoms with Gasteiger partial charge in [0.15, 0.2) is 0 Å². The second-order valence-corrected chi connectivity index (χ2v) is 6.44. The Bertz CT molecular complexity index is 507. The van der Waals surface area contributed by atoms with Gasteiger partial charge in [0.05, 0.1) is 13.7 Å². The van der Waals surface area contributed by atoms with Crippen molar-refractivity contribution in [2.24, 2.45) is 11.8 Å². The fourth-order valence-corrected chi connectivity index (χ4v) is 4.34. The Hall–Kier alpha value is -1.21. The number of carbonyl (C=O) groups excluding carboxylic acids is 1. The van der Waals surface area contributed by atoms with Crippen LogP contribution in [0.2, 0.25) is 0 Å². The Morgan fingerprint density at radius 1 is 1.43 bits per heavy atom. The van der Waals surface area contributed by atoms with Crippen molar-refractivity contribution in [3.8, 4) is 0 Å². The first-order valence-electron chi connectivity index (χ1n) is 7.40. The molecule has 2 aliphatic rings. The van der Waals surface area contributed by atoms with E-state index in [1.54, 1.807) is 7.11 Å². The van der Waals surface area contributed by atoms with Crippen molar-refractivity contribution in [3.05, 3.63) is 5.82 Å². The highest BCUT2D eigenvalue weighted by molar-refractivity contribution is 7.09. The summed E-state index contributed by atoms with van der Waals surface area (Å²) in [7, 11) is 3.13. The van der Waals surface area contributed by atoms with Gasteiger partial charge in [-0.3, -0.25) is 0 Å². The predicted molar refractivity (Wildman–Crippen MR) is 79.5 cm³/mol. The molecule has 116 valence electrons. The number of esters is 1. The molecule has 7 heteroatoms. The lowest BCUT2D eigenvalue weighted by atomic mass is 9.94. The molecule has 1 aromatic heterocycles. The maximum atomic E-state index is 12.2. The summed E-state index contributed by atoms with van der Waals surface area (Å²) < 4.78 is 14.4. The zero-order valence-corrected chi connectivity index (χ0v) is 13.3. The summed E-state index contributed by atoms with van der Waals surface area (Å²) in [4.78, 5) is 18.9. The molecule has 0 aromatic carbocycles. The lowest BCUT2D eigenvalue weighted by Crippen LogP contribution is -2.40. The molecule has 2 heterocycles. The van der Waals surface area contributed by atoms with Crippen LogP contribution in [0.15, 0.2) is 0 Å². The van der Waals surface area contributed by atoms with E-state index < -0.39 is 0 Å². The molecular formula is C14H21N3O3S. The van der Waals surface area contributed by atoms with Gasteiger partial charge in [-0.25, -0.2) is 9.78 Å². The highest BCUT2D eigenvalue weighted by Gasteiger charge is 2.49. The van der Waals surface area contributed by atoms with Crippen LogP contribution in [0.3, 0.4) is 0 Å². The van der Waals surface area contributed by atoms with Crippen molar-refractivity contribution in [2.75, 3.05) is 32.3 Å². The minimum atomic E-state index is -0.189. The molecule has 1 saturated heterocycles. The number of fused-ring (bicyclic) bond motifs is 1. The van der Waals surface area contributed by atoms with Crippen LogP contribution < -0.4 is 4.90 Å². The van der Waals surface area contributed by atoms with Gasteiger partial charge in [0.2, 0.25) is 5.13 Å². The Labute approximate surface area is 128 Å². The molecule has 3 atom stereocenters. The summed E-state index contributed by atoms with van der Waals surface area (Å²) in [6.07, 6.45) is 4.22. The molecule has 6 nitrogen and oxygen atoms in total. The molecule has 0 radical (unpaired) electrons. The van der Waals surface area contributed by atoms with E-state index in [4.69, 9.17) is 9.47 Å². The zero-order chi connectivity index (χ0) is 14.8. The first kappa shape index (κ1) is 14.7. The number of rotatable bonds is 5. The summed E-state index contributed by atoms with van der Waals surface area (Å²) in [6, 6.07) is -0.189. The average molecular weight is 311 g/mol. The van der Waals surface area contributed by atoms with E-state index >= 15 is 0 Å². The number of hydrogen-bond donors (Lipinski definition) is 0. The summed E-state index contributed by atoms with van der Waals surface area (Å²) >= 11 is 1.37. The van der Waals surface area contributed by atoms with Crippen molar-refractivity contribution >= 4 is 22.6 Å². The first-order chi connectivity index (χ1) is 10.2. The largest absolute Gasteiger partial charge is 0.467 e. The summed E-state index contributed by atoms with van der Waals surface area (Å²) in [5, 5.41) is 0.839. The fraction of sp³-hybridized carbons (Fsp3) is 0.786. The topological polar surface area (TPSA) is 64.5 Å². The van der Waals surface area contributed by atoms with Crippen LogP contribution in [-0.4, -0.2) is 48.7 Å². The molecule has 0 bridgehead atoms. The quantitative estimate of drug-likeness (QED) is 0.768. The SMILES string of the molecule is COCCc1nsc(N2CC3CCCC3C2C(=O)OC)n1. The lowest BCUT2D eigenvalue weighted by Gasteiger charge is -2.24. The lowest BCUT2D eigenvalue weighted by molar-refractivity contribution is -0.143. The molecule has 0 amide bonds. The van der Waals surface area contributed by atoms with Gasteiger partial charge in [-0.2, -0.15) is 4.37 Å². The van der Waals surface area contributed by atoms with Crippen LogP contribution >= 0.6 is 11.5 Å². The maximum absolute atomic E-state index is 12.2. The van der Waals surface area contributed by atoms with Crippen LogP contribution in [-0.2, 0) is 20.7 Å². The van der Waals surface area contributed by atoms with E-state index in [0.29, 0.717) is 24.9 Å². The Kier molecular flexibility index (Phi) is 4.40. The predicted octanol–water partition coefficient (Wildman–Crippen LogP) is 1.50. The minimum Gasteiger partial charge on any atom is -0.467 e. The van der Waals surface area contributed by atoms with Crippen LogP contribution in [0, 0.1) is 11.8 Å². The molecule has 3 rings (SSSR count). The van der Waals surface area contributed by atoms with Gasteiger partial charge in [0.1, 0.15) is 11.9 Å². The van der Waals surface area contributed by atoms with Crippen molar-refractivity contribution in [2.45, 2.75) is 31.7 Å². The molecule has 1 aromatic rings. The van der Waals surface area contributed by atoms with Crippen molar-refractivity contribution in [1.29, 1.82) is 0 Å². The fourth-order valence-electron chi connectivity index (χ4n) is 3.58. The number of aromatic nitrogens is 2. The molecule has 0 spiro atoms. The molecule has 1 saturated carbocycles. The van der Waals surface area contributed by atoms with Crippen LogP contribution in [0.25, 0.3) is 0 Å². The van der Waals surface area contributed by atoms with Crippen LogP contribution in [0.5, 0.6) is 0 Å². The van der Waals surface area contributed by atoms with E-state index in [-0.39, 0.29) is 12.0 Å². The minimum absolute atomic E-state index is 0.141. The third-order valence-electron chi connectivity index (χ3n) is 4.57. The highest BCUT2D eigenvalue weighted by Crippen LogP contribution is 2.44. The highest BCUT2D eigenvalue weighted by atomic mass is 32.1. The first-order valence-corrected chi connectivity index (χ1v) is 8.18. The second-order valence-electron chi connectivity index (χ2n) is 5.71. The van der Waals surface area contributed by atoms with E-state index in [0.717, 1.165) is 23.9 Å². The normalized spacial score (nSPS) is 27.9. The molecule has 2 fully saturated rings. The van der Waals surface area contributed by atoms with Crippen molar-refractivity contribution in [3.63, 3.8) is 0 Å². The molecule has 21 heavy (non-hydrogen) atoms. The molecule has 1 aliphatic heterocycles. The van der Waals surface area contributed by atoms with Crippen molar-refractivity contribution in [1.82, 2.24) is 9.36 Å². The van der Waals surface area contributed by atoms with Gasteiger partial charge in [0, 0.05) is 31.6 Å². The zero-order valence-electron chi connectivity index (χ0n) is 12.4. The van der Waals surface area contributed by atoms with Gasteiger partial charge < -0.3 is 14.4 Å². The summed E-state index contributed by atoms with van der Waals surface area (Å²) in [5.74, 6) is 1.64. The Balaban J connectivity index is 1.79. The maximum Gasteiger partial charge on any atom is 0.328 e. The smallest absolute Gasteiger partial charge is 0.328 e. The number of carbonyl (C=O) groups is 1. The van der Waals surface area contributed by atoms with E-state index in [1.807, 2.05) is 0 Å². The Morgan fingerprint density at radius 2 is 2.29 bits per heavy atom. The summed E-state index contributed by atoms with van der Waals surface area (Å²) in [5.41, 5.74) is 0. The number of hydrogen-bond acceptors (Lipinski definition) is 7. The van der Waals surface area contributed by atoms with Gasteiger partial charge in [-0.05, 0) is 24.7 Å². The number of ether oxygens (including phenoxy) is 2. The molecule has 0 N–H and O–H groups in total. The second kappa shape index (κ2) is 6.27.